The van der Waals surface area contributed by atoms with Crippen LogP contribution in [0.15, 0.2) is 18.2 Å². The number of hydrogen-bond acceptors (Lipinski definition) is 2. The Kier molecular flexibility index (Phi) is 2.71. The number of hydrogen-bond donors (Lipinski definition) is 1. The molecule has 1 aromatic rings. The molecule has 16 heavy (non-hydrogen) atoms. The van der Waals surface area contributed by atoms with Crippen molar-refractivity contribution in [3.8, 4) is 0 Å². The number of nitrogens with one attached hydrogen (secondary N) is 1. The molecule has 1 N–H and O–H groups in total. The van der Waals surface area contributed by atoms with Gasteiger partial charge in [-0.3, -0.25) is 4.79 Å². The summed E-state index contributed by atoms with van der Waals surface area (Å²) in [5.41, 5.74) is 1.52. The number of fused-ring (bicyclic) bond motifs is 1. The predicted molar refractivity (Wildman–Crippen MR) is 52.2 cm³/mol. The van der Waals surface area contributed by atoms with E-state index in [1.807, 2.05) is 0 Å². The minimum atomic E-state index is -4.79. The summed E-state index contributed by atoms with van der Waals surface area (Å²) in [7, 11) is 0. The molecule has 0 radical (unpaired) electrons. The van der Waals surface area contributed by atoms with E-state index in [1.54, 1.807) is 6.07 Å². The second kappa shape index (κ2) is 3.90. The second-order valence-corrected chi connectivity index (χ2v) is 3.74. The van der Waals surface area contributed by atoms with Gasteiger partial charge in [-0.15, -0.1) is 0 Å². The fraction of sp³-hybridized carbons (Fsp3) is 0.364. The first-order valence-corrected chi connectivity index (χ1v) is 4.92. The van der Waals surface area contributed by atoms with Crippen LogP contribution < -0.4 is 5.32 Å². The maximum absolute atomic E-state index is 12.2. The molecule has 1 aromatic carbocycles. The number of rotatable bonds is 1. The van der Waals surface area contributed by atoms with Crippen LogP contribution in [-0.2, 0) is 13.0 Å². The van der Waals surface area contributed by atoms with E-state index in [1.165, 1.54) is 12.1 Å². The minimum absolute atomic E-state index is 0.270. The highest BCUT2D eigenvalue weighted by Gasteiger charge is 2.39. The van der Waals surface area contributed by atoms with Gasteiger partial charge in [0.05, 0.1) is 0 Å². The zero-order chi connectivity index (χ0) is 11.8. The van der Waals surface area contributed by atoms with E-state index in [0.29, 0.717) is 13.0 Å². The standard InChI is InChI=1S/C11H10F3NO/c12-11(13,14)10(16)8-1-2-9-6-15-4-3-7(9)5-8/h1-2,5,15H,3-4,6H2. The third-order valence-corrected chi connectivity index (χ3v) is 2.61. The molecule has 0 spiro atoms. The van der Waals surface area contributed by atoms with Crippen LogP contribution >= 0.6 is 0 Å². The zero-order valence-corrected chi connectivity index (χ0v) is 8.40. The lowest BCUT2D eigenvalue weighted by Crippen LogP contribution is -2.26. The summed E-state index contributed by atoms with van der Waals surface area (Å²) >= 11 is 0. The summed E-state index contributed by atoms with van der Waals surface area (Å²) in [5.74, 6) is -1.77. The van der Waals surface area contributed by atoms with E-state index in [9.17, 15) is 18.0 Å². The molecular weight excluding hydrogens is 219 g/mol. The Hall–Kier alpha value is -1.36. The maximum atomic E-state index is 12.2. The Morgan fingerprint density at radius 3 is 2.69 bits per heavy atom. The average Bonchev–Trinajstić information content (AvgIpc) is 2.26. The van der Waals surface area contributed by atoms with E-state index in [4.69, 9.17) is 0 Å². The number of Topliss-reactive ketones (excluding diaryl/α,β-unsaturated/α-hetero) is 1. The van der Waals surface area contributed by atoms with Crippen molar-refractivity contribution in [1.82, 2.24) is 5.32 Å². The highest BCUT2D eigenvalue weighted by molar-refractivity contribution is 6.00. The molecule has 0 saturated carbocycles. The number of ketones is 1. The van der Waals surface area contributed by atoms with Crippen molar-refractivity contribution in [1.29, 1.82) is 0 Å². The first-order valence-electron chi connectivity index (χ1n) is 4.92. The molecule has 0 amide bonds. The second-order valence-electron chi connectivity index (χ2n) is 3.74. The highest BCUT2D eigenvalue weighted by atomic mass is 19.4. The SMILES string of the molecule is O=C(c1ccc2c(c1)CCNC2)C(F)(F)F. The molecule has 2 rings (SSSR count). The van der Waals surface area contributed by atoms with E-state index in [0.717, 1.165) is 17.7 Å². The van der Waals surface area contributed by atoms with Crippen LogP contribution in [-0.4, -0.2) is 18.5 Å². The molecule has 1 aliphatic heterocycles. The van der Waals surface area contributed by atoms with Crippen LogP contribution in [0, 0.1) is 0 Å². The van der Waals surface area contributed by atoms with Crippen LogP contribution in [0.5, 0.6) is 0 Å². The van der Waals surface area contributed by atoms with Gasteiger partial charge in [0.1, 0.15) is 0 Å². The van der Waals surface area contributed by atoms with Crippen LogP contribution in [0.2, 0.25) is 0 Å². The molecule has 0 atom stereocenters. The number of carbonyl (C=O) groups excluding carboxylic acids is 1. The minimum Gasteiger partial charge on any atom is -0.312 e. The summed E-state index contributed by atoms with van der Waals surface area (Å²) in [5, 5.41) is 3.11. The third kappa shape index (κ3) is 2.09. The number of benzene rings is 1. The van der Waals surface area contributed by atoms with Crippen molar-refractivity contribution in [3.05, 3.63) is 34.9 Å². The lowest BCUT2D eigenvalue weighted by atomic mass is 9.97. The molecule has 0 bridgehead atoms. The van der Waals surface area contributed by atoms with Gasteiger partial charge in [-0.25, -0.2) is 0 Å². The number of halogens is 3. The van der Waals surface area contributed by atoms with E-state index >= 15 is 0 Å². The Morgan fingerprint density at radius 1 is 1.25 bits per heavy atom. The monoisotopic (exact) mass is 229 g/mol. The largest absolute Gasteiger partial charge is 0.454 e. The van der Waals surface area contributed by atoms with Gasteiger partial charge in [0.2, 0.25) is 0 Å². The Morgan fingerprint density at radius 2 is 2.00 bits per heavy atom. The zero-order valence-electron chi connectivity index (χ0n) is 8.40. The van der Waals surface area contributed by atoms with Crippen LogP contribution in [0.25, 0.3) is 0 Å². The van der Waals surface area contributed by atoms with Gasteiger partial charge in [-0.05, 0) is 30.2 Å². The molecule has 0 fully saturated rings. The molecule has 0 unspecified atom stereocenters. The van der Waals surface area contributed by atoms with E-state index in [2.05, 4.69) is 5.32 Å². The fourth-order valence-electron chi connectivity index (χ4n) is 1.78. The molecule has 0 aliphatic carbocycles. The molecule has 0 saturated heterocycles. The molecule has 1 heterocycles. The fourth-order valence-corrected chi connectivity index (χ4v) is 1.78. The lowest BCUT2D eigenvalue weighted by Gasteiger charge is -2.17. The van der Waals surface area contributed by atoms with Crippen molar-refractivity contribution >= 4 is 5.78 Å². The van der Waals surface area contributed by atoms with E-state index in [-0.39, 0.29) is 5.56 Å². The van der Waals surface area contributed by atoms with Gasteiger partial charge in [0.15, 0.2) is 0 Å². The van der Waals surface area contributed by atoms with Crippen LogP contribution in [0.4, 0.5) is 13.2 Å². The summed E-state index contributed by atoms with van der Waals surface area (Å²) in [6.45, 7) is 1.38. The predicted octanol–water partition coefficient (Wildman–Crippen LogP) is 2.08. The Bertz CT molecular complexity index is 426. The molecule has 5 heteroatoms. The average molecular weight is 229 g/mol. The van der Waals surface area contributed by atoms with E-state index < -0.39 is 12.0 Å². The van der Waals surface area contributed by atoms with Crippen molar-refractivity contribution in [3.63, 3.8) is 0 Å². The smallest absolute Gasteiger partial charge is 0.312 e. The van der Waals surface area contributed by atoms with Gasteiger partial charge < -0.3 is 5.32 Å². The first kappa shape index (κ1) is 11.1. The normalized spacial score (nSPS) is 15.7. The van der Waals surface area contributed by atoms with Crippen LogP contribution in [0.1, 0.15) is 21.5 Å². The highest BCUT2D eigenvalue weighted by Crippen LogP contribution is 2.24. The quantitative estimate of drug-likeness (QED) is 0.747. The van der Waals surface area contributed by atoms with Gasteiger partial charge >= 0.3 is 6.18 Å². The Labute approximate surface area is 90.5 Å². The van der Waals surface area contributed by atoms with Crippen molar-refractivity contribution in [2.75, 3.05) is 6.54 Å². The third-order valence-electron chi connectivity index (χ3n) is 2.61. The maximum Gasteiger partial charge on any atom is 0.454 e. The van der Waals surface area contributed by atoms with Crippen molar-refractivity contribution < 1.29 is 18.0 Å². The van der Waals surface area contributed by atoms with Crippen LogP contribution in [0.3, 0.4) is 0 Å². The topological polar surface area (TPSA) is 29.1 Å². The summed E-state index contributed by atoms with van der Waals surface area (Å²) < 4.78 is 36.6. The molecule has 0 aromatic heterocycles. The first-order chi connectivity index (χ1) is 7.48. The number of carbonyl (C=O) groups is 1. The number of alkyl halides is 3. The van der Waals surface area contributed by atoms with Crippen molar-refractivity contribution in [2.24, 2.45) is 0 Å². The van der Waals surface area contributed by atoms with Gasteiger partial charge in [-0.2, -0.15) is 13.2 Å². The summed E-state index contributed by atoms with van der Waals surface area (Å²) in [6.07, 6.45) is -4.13. The summed E-state index contributed by atoms with van der Waals surface area (Å²) in [4.78, 5) is 11.0. The molecule has 1 aliphatic rings. The van der Waals surface area contributed by atoms with Gasteiger partial charge in [0, 0.05) is 12.1 Å². The summed E-state index contributed by atoms with van der Waals surface area (Å²) in [6, 6.07) is 4.17. The molecular formula is C11H10F3NO. The lowest BCUT2D eigenvalue weighted by molar-refractivity contribution is -0.0885. The molecule has 2 nitrogen and oxygen atoms in total. The molecule has 86 valence electrons. The van der Waals surface area contributed by atoms with Gasteiger partial charge in [-0.1, -0.05) is 12.1 Å². The van der Waals surface area contributed by atoms with Crippen molar-refractivity contribution in [2.45, 2.75) is 19.1 Å². The Balaban J connectivity index is 2.34. The van der Waals surface area contributed by atoms with Gasteiger partial charge in [0.25, 0.3) is 5.78 Å².